The zero-order chi connectivity index (χ0) is 15.7. The summed E-state index contributed by atoms with van der Waals surface area (Å²) < 4.78 is 12.4. The highest BCUT2D eigenvalue weighted by atomic mass is 31.0. The van der Waals surface area contributed by atoms with E-state index in [1.807, 2.05) is 24.3 Å². The van der Waals surface area contributed by atoms with Crippen molar-refractivity contribution in [3.05, 3.63) is 46.9 Å². The van der Waals surface area contributed by atoms with E-state index in [1.54, 1.807) is 16.8 Å². The first-order chi connectivity index (χ1) is 10.6. The Hall–Kier alpha value is -1.97. The van der Waals surface area contributed by atoms with Gasteiger partial charge in [0.2, 0.25) is 0 Å². The van der Waals surface area contributed by atoms with Crippen molar-refractivity contribution < 1.29 is 14.3 Å². The lowest BCUT2D eigenvalue weighted by Crippen LogP contribution is -2.27. The number of nitrogens with zero attached hydrogens (tertiary/aromatic N) is 1. The van der Waals surface area contributed by atoms with Crippen LogP contribution in [0, 0.1) is 0 Å². The molecule has 1 aliphatic heterocycles. The fourth-order valence-electron chi connectivity index (χ4n) is 2.59. The fraction of sp³-hybridized carbons (Fsp3) is 0.312. The Bertz CT molecular complexity index is 798. The van der Waals surface area contributed by atoms with Crippen molar-refractivity contribution in [3.63, 3.8) is 0 Å². The monoisotopic (exact) mass is 317 g/mol. The molecule has 22 heavy (non-hydrogen) atoms. The number of rotatable bonds is 3. The summed E-state index contributed by atoms with van der Waals surface area (Å²) in [4.78, 5) is 23.5. The van der Waals surface area contributed by atoms with Gasteiger partial charge < -0.3 is 9.47 Å². The number of aromatic nitrogens is 1. The van der Waals surface area contributed by atoms with Crippen LogP contribution in [-0.4, -0.2) is 28.5 Å². The zero-order valence-corrected chi connectivity index (χ0v) is 13.1. The molecule has 0 bridgehead atoms. The van der Waals surface area contributed by atoms with Crippen LogP contribution in [0.5, 0.6) is 0 Å². The van der Waals surface area contributed by atoms with Crippen LogP contribution in [0.15, 0.2) is 41.3 Å². The Labute approximate surface area is 129 Å². The van der Waals surface area contributed by atoms with E-state index in [-0.39, 0.29) is 24.2 Å². The van der Waals surface area contributed by atoms with Crippen molar-refractivity contribution in [1.29, 1.82) is 0 Å². The number of carbonyl (C=O) groups excluding carboxylic acids is 1. The first kappa shape index (κ1) is 14.9. The molecule has 0 amide bonds. The molecule has 1 aromatic carbocycles. The molecule has 114 valence electrons. The summed E-state index contributed by atoms with van der Waals surface area (Å²) in [5.41, 5.74) is -0.105. The summed E-state index contributed by atoms with van der Waals surface area (Å²) in [6.07, 6.45) is 1.58. The van der Waals surface area contributed by atoms with E-state index in [0.29, 0.717) is 11.8 Å². The van der Waals surface area contributed by atoms with E-state index in [1.165, 1.54) is 6.92 Å². The van der Waals surface area contributed by atoms with Gasteiger partial charge in [-0.1, -0.05) is 18.2 Å². The molecule has 2 atom stereocenters. The number of hydrogen-bond donors (Lipinski definition) is 0. The van der Waals surface area contributed by atoms with Gasteiger partial charge in [0, 0.05) is 30.2 Å². The molecule has 2 heterocycles. The lowest BCUT2D eigenvalue weighted by molar-refractivity contribution is -0.145. The van der Waals surface area contributed by atoms with Gasteiger partial charge in [-0.15, -0.1) is 8.86 Å². The predicted molar refractivity (Wildman–Crippen MR) is 86.7 cm³/mol. The van der Waals surface area contributed by atoms with Crippen LogP contribution in [0.2, 0.25) is 0 Å². The highest BCUT2D eigenvalue weighted by Crippen LogP contribution is 2.27. The van der Waals surface area contributed by atoms with Crippen LogP contribution < -0.4 is 5.56 Å². The van der Waals surface area contributed by atoms with Crippen LogP contribution in [-0.2, 0) is 14.3 Å². The molecule has 1 aliphatic rings. The minimum Gasteiger partial charge on any atom is -0.463 e. The lowest BCUT2D eigenvalue weighted by Gasteiger charge is -2.16. The van der Waals surface area contributed by atoms with E-state index >= 15 is 0 Å². The number of benzene rings is 1. The number of fused-ring (bicyclic) bond motifs is 1. The van der Waals surface area contributed by atoms with E-state index in [9.17, 15) is 9.59 Å². The average Bonchev–Trinajstić information content (AvgIpc) is 2.87. The second-order valence-corrected chi connectivity index (χ2v) is 5.90. The number of pyridine rings is 1. The summed E-state index contributed by atoms with van der Waals surface area (Å²) in [6, 6.07) is 9.32. The van der Waals surface area contributed by atoms with Gasteiger partial charge in [0.05, 0.1) is 6.10 Å². The summed E-state index contributed by atoms with van der Waals surface area (Å²) in [7, 11) is 3.53. The van der Waals surface area contributed by atoms with Crippen LogP contribution >= 0.6 is 8.86 Å². The van der Waals surface area contributed by atoms with Gasteiger partial charge in [-0.25, -0.2) is 0 Å². The van der Waals surface area contributed by atoms with E-state index in [2.05, 4.69) is 8.86 Å². The van der Waals surface area contributed by atoms with Crippen molar-refractivity contribution >= 4 is 30.9 Å². The smallest absolute Gasteiger partial charge is 0.302 e. The molecular weight excluding hydrogens is 301 g/mol. The molecular formula is C16H16NO4P. The molecule has 2 aromatic rings. The molecule has 5 nitrogen and oxygen atoms in total. The van der Waals surface area contributed by atoms with E-state index < -0.39 is 6.23 Å². The maximum absolute atomic E-state index is 12.6. The third-order valence-corrected chi connectivity index (χ3v) is 4.08. The molecule has 6 heteroatoms. The molecule has 1 fully saturated rings. The highest BCUT2D eigenvalue weighted by Gasteiger charge is 2.31. The normalized spacial score (nSPS) is 21.2. The first-order valence-corrected chi connectivity index (χ1v) is 7.52. The van der Waals surface area contributed by atoms with E-state index in [0.717, 1.165) is 10.7 Å². The predicted octanol–water partition coefficient (Wildman–Crippen LogP) is 2.17. The van der Waals surface area contributed by atoms with Gasteiger partial charge in [0.25, 0.3) is 5.56 Å². The van der Waals surface area contributed by atoms with Crippen molar-refractivity contribution in [1.82, 2.24) is 4.57 Å². The first-order valence-electron chi connectivity index (χ1n) is 7.02. The maximum atomic E-state index is 12.6. The Morgan fingerprint density at radius 3 is 2.95 bits per heavy atom. The molecule has 0 N–H and O–H groups in total. The van der Waals surface area contributed by atoms with Gasteiger partial charge in [-0.2, -0.15) is 0 Å². The third-order valence-electron chi connectivity index (χ3n) is 3.63. The number of hydrogen-bond acceptors (Lipinski definition) is 4. The molecule has 0 saturated carbocycles. The van der Waals surface area contributed by atoms with Crippen LogP contribution in [0.4, 0.5) is 0 Å². The van der Waals surface area contributed by atoms with Crippen LogP contribution in [0.3, 0.4) is 0 Å². The maximum Gasteiger partial charge on any atom is 0.302 e. The SMILES string of the molecule is CC(=O)OC[C@@H]1CC(=P)[C@H](n2ccc3ccccc3c2=O)O1. The van der Waals surface area contributed by atoms with Crippen molar-refractivity contribution in [2.45, 2.75) is 25.7 Å². The Morgan fingerprint density at radius 1 is 1.41 bits per heavy atom. The van der Waals surface area contributed by atoms with Gasteiger partial charge >= 0.3 is 5.97 Å². The second kappa shape index (κ2) is 6.03. The molecule has 1 aromatic heterocycles. The number of esters is 1. The number of carbonyl (C=O) groups is 1. The molecule has 0 unspecified atom stereocenters. The average molecular weight is 317 g/mol. The third kappa shape index (κ3) is 2.82. The van der Waals surface area contributed by atoms with Gasteiger partial charge in [0.1, 0.15) is 6.61 Å². The van der Waals surface area contributed by atoms with Crippen molar-refractivity contribution in [2.75, 3.05) is 6.61 Å². The minimum atomic E-state index is -0.491. The highest BCUT2D eigenvalue weighted by molar-refractivity contribution is 7.21. The Kier molecular flexibility index (Phi) is 4.10. The molecule has 3 rings (SSSR count). The summed E-state index contributed by atoms with van der Waals surface area (Å²) in [5.74, 6) is -0.342. The fourth-order valence-corrected chi connectivity index (χ4v) is 3.02. The van der Waals surface area contributed by atoms with Crippen molar-refractivity contribution in [2.24, 2.45) is 0 Å². The molecule has 0 radical (unpaired) electrons. The molecule has 0 aliphatic carbocycles. The number of ether oxygens (including phenoxy) is 2. The summed E-state index contributed by atoms with van der Waals surface area (Å²) >= 11 is 0. The molecule has 0 spiro atoms. The standard InChI is InChI=1S/C16H16NO4P/c1-10(18)20-9-12-8-14(22)16(21-12)17-7-6-11-4-2-3-5-13(11)15(17)19/h2-7,12,16,22H,8-9H2,1H3/t12-,16+/m0/s1. The summed E-state index contributed by atoms with van der Waals surface area (Å²) in [5, 5.41) is 2.40. The Balaban J connectivity index is 1.88. The van der Waals surface area contributed by atoms with Gasteiger partial charge in [-0.05, 0) is 17.5 Å². The van der Waals surface area contributed by atoms with Crippen molar-refractivity contribution in [3.8, 4) is 0 Å². The summed E-state index contributed by atoms with van der Waals surface area (Å²) in [6.45, 7) is 1.54. The quantitative estimate of drug-likeness (QED) is 0.643. The second-order valence-electron chi connectivity index (χ2n) is 5.26. The Morgan fingerprint density at radius 2 is 2.18 bits per heavy atom. The van der Waals surface area contributed by atoms with Gasteiger partial charge in [0.15, 0.2) is 6.23 Å². The largest absolute Gasteiger partial charge is 0.463 e. The molecule has 1 saturated heterocycles. The lowest BCUT2D eigenvalue weighted by atomic mass is 10.1. The van der Waals surface area contributed by atoms with E-state index in [4.69, 9.17) is 9.47 Å². The van der Waals surface area contributed by atoms with Crippen LogP contribution in [0.25, 0.3) is 10.8 Å². The van der Waals surface area contributed by atoms with Gasteiger partial charge in [-0.3, -0.25) is 14.2 Å². The van der Waals surface area contributed by atoms with Crippen LogP contribution in [0.1, 0.15) is 19.6 Å². The zero-order valence-electron chi connectivity index (χ0n) is 12.1. The topological polar surface area (TPSA) is 57.5 Å². The minimum absolute atomic E-state index is 0.105.